The zero-order chi connectivity index (χ0) is 13.5. The number of hydrogen-bond acceptors (Lipinski definition) is 3. The van der Waals surface area contributed by atoms with E-state index in [1.807, 2.05) is 6.92 Å². The molecule has 6 heteroatoms. The molecule has 0 spiro atoms. The van der Waals surface area contributed by atoms with Gasteiger partial charge in [0.05, 0.1) is 12.1 Å². The fourth-order valence-corrected chi connectivity index (χ4v) is 1.73. The summed E-state index contributed by atoms with van der Waals surface area (Å²) in [4.78, 5) is 23.1. The fraction of sp³-hybridized carbons (Fsp3) is 0.333. The topological polar surface area (TPSA) is 84.2 Å². The smallest absolute Gasteiger partial charge is 0.252 e. The molecule has 4 N–H and O–H groups in total. The molecule has 0 aliphatic rings. The van der Waals surface area contributed by atoms with E-state index in [2.05, 4.69) is 26.6 Å². The van der Waals surface area contributed by atoms with Crippen molar-refractivity contribution in [3.8, 4) is 0 Å². The van der Waals surface area contributed by atoms with Crippen molar-refractivity contribution in [2.45, 2.75) is 13.3 Å². The maximum absolute atomic E-state index is 11.8. The molecule has 5 nitrogen and oxygen atoms in total. The van der Waals surface area contributed by atoms with Crippen molar-refractivity contribution in [1.82, 2.24) is 10.6 Å². The Labute approximate surface area is 114 Å². The first kappa shape index (κ1) is 14.5. The van der Waals surface area contributed by atoms with E-state index in [1.54, 1.807) is 18.2 Å². The first-order valence-corrected chi connectivity index (χ1v) is 6.43. The van der Waals surface area contributed by atoms with Gasteiger partial charge < -0.3 is 16.4 Å². The van der Waals surface area contributed by atoms with Gasteiger partial charge in [-0.3, -0.25) is 9.59 Å². The second-order valence-electron chi connectivity index (χ2n) is 3.77. The monoisotopic (exact) mass is 313 g/mol. The summed E-state index contributed by atoms with van der Waals surface area (Å²) in [6.07, 6.45) is 0.862. The van der Waals surface area contributed by atoms with Crippen LogP contribution in [0.4, 0.5) is 5.69 Å². The largest absolute Gasteiger partial charge is 0.399 e. The van der Waals surface area contributed by atoms with Gasteiger partial charge in [0.2, 0.25) is 5.91 Å². The van der Waals surface area contributed by atoms with Crippen LogP contribution in [0, 0.1) is 0 Å². The van der Waals surface area contributed by atoms with Gasteiger partial charge in [0.15, 0.2) is 0 Å². The first-order valence-electron chi connectivity index (χ1n) is 5.64. The van der Waals surface area contributed by atoms with Crippen LogP contribution in [0.2, 0.25) is 0 Å². The van der Waals surface area contributed by atoms with Gasteiger partial charge in [-0.25, -0.2) is 0 Å². The average molecular weight is 314 g/mol. The standard InChI is InChI=1S/C12H16BrN3O2/c1-2-5-15-11(17)7-16-12(18)9-6-8(14)3-4-10(9)13/h3-4,6H,2,5,7,14H2,1H3,(H,15,17)(H,16,18). The highest BCUT2D eigenvalue weighted by Gasteiger charge is 2.11. The molecule has 0 aliphatic carbocycles. The van der Waals surface area contributed by atoms with Crippen LogP contribution in [0.25, 0.3) is 0 Å². The fourth-order valence-electron chi connectivity index (χ4n) is 1.30. The highest BCUT2D eigenvalue weighted by molar-refractivity contribution is 9.10. The third-order valence-corrected chi connectivity index (χ3v) is 2.91. The number of hydrogen-bond donors (Lipinski definition) is 3. The summed E-state index contributed by atoms with van der Waals surface area (Å²) in [6, 6.07) is 4.94. The Morgan fingerprint density at radius 1 is 1.33 bits per heavy atom. The van der Waals surface area contributed by atoms with Crippen molar-refractivity contribution in [2.24, 2.45) is 0 Å². The summed E-state index contributed by atoms with van der Waals surface area (Å²) in [5, 5.41) is 5.21. The summed E-state index contributed by atoms with van der Waals surface area (Å²) in [7, 11) is 0. The van der Waals surface area contributed by atoms with E-state index in [0.717, 1.165) is 6.42 Å². The highest BCUT2D eigenvalue weighted by atomic mass is 79.9. The number of halogens is 1. The lowest BCUT2D eigenvalue weighted by Gasteiger charge is -2.08. The molecule has 0 radical (unpaired) electrons. The minimum Gasteiger partial charge on any atom is -0.399 e. The van der Waals surface area contributed by atoms with Crippen molar-refractivity contribution < 1.29 is 9.59 Å². The molecule has 0 bridgehead atoms. The van der Waals surface area contributed by atoms with Crippen LogP contribution in [-0.4, -0.2) is 24.9 Å². The first-order chi connectivity index (χ1) is 8.54. The zero-order valence-electron chi connectivity index (χ0n) is 10.1. The van der Waals surface area contributed by atoms with E-state index >= 15 is 0 Å². The van der Waals surface area contributed by atoms with Crippen LogP contribution in [0.15, 0.2) is 22.7 Å². The number of nitrogens with one attached hydrogen (secondary N) is 2. The van der Waals surface area contributed by atoms with Crippen LogP contribution in [0.3, 0.4) is 0 Å². The van der Waals surface area contributed by atoms with Gasteiger partial charge in [0.1, 0.15) is 0 Å². The lowest BCUT2D eigenvalue weighted by Crippen LogP contribution is -2.37. The molecular weight excluding hydrogens is 298 g/mol. The van der Waals surface area contributed by atoms with Gasteiger partial charge in [-0.2, -0.15) is 0 Å². The van der Waals surface area contributed by atoms with E-state index in [9.17, 15) is 9.59 Å². The maximum Gasteiger partial charge on any atom is 0.252 e. The zero-order valence-corrected chi connectivity index (χ0v) is 11.7. The summed E-state index contributed by atoms with van der Waals surface area (Å²) in [5.74, 6) is -0.536. The van der Waals surface area contributed by atoms with Crippen molar-refractivity contribution in [1.29, 1.82) is 0 Å². The molecule has 1 rings (SSSR count). The summed E-state index contributed by atoms with van der Waals surface area (Å²) >= 11 is 3.26. The lowest BCUT2D eigenvalue weighted by molar-refractivity contribution is -0.120. The van der Waals surface area contributed by atoms with E-state index in [4.69, 9.17) is 5.73 Å². The van der Waals surface area contributed by atoms with Crippen LogP contribution in [0.5, 0.6) is 0 Å². The van der Waals surface area contributed by atoms with Gasteiger partial charge >= 0.3 is 0 Å². The van der Waals surface area contributed by atoms with E-state index in [0.29, 0.717) is 22.3 Å². The number of carbonyl (C=O) groups excluding carboxylic acids is 2. The van der Waals surface area contributed by atoms with Gasteiger partial charge in [-0.15, -0.1) is 0 Å². The lowest BCUT2D eigenvalue weighted by atomic mass is 10.2. The average Bonchev–Trinajstić information content (AvgIpc) is 2.36. The molecule has 98 valence electrons. The van der Waals surface area contributed by atoms with Crippen LogP contribution < -0.4 is 16.4 Å². The van der Waals surface area contributed by atoms with Gasteiger partial charge in [0, 0.05) is 16.7 Å². The Kier molecular flexibility index (Phi) is 5.64. The SMILES string of the molecule is CCCNC(=O)CNC(=O)c1cc(N)ccc1Br. The molecular formula is C12H16BrN3O2. The Hall–Kier alpha value is -1.56. The summed E-state index contributed by atoms with van der Waals surface area (Å²) < 4.78 is 0.642. The number of amides is 2. The second-order valence-corrected chi connectivity index (χ2v) is 4.63. The third-order valence-electron chi connectivity index (χ3n) is 2.22. The van der Waals surface area contributed by atoms with Crippen molar-refractivity contribution >= 4 is 33.4 Å². The normalized spacial score (nSPS) is 9.89. The molecule has 18 heavy (non-hydrogen) atoms. The molecule has 1 aromatic carbocycles. The molecule has 0 aromatic heterocycles. The van der Waals surface area contributed by atoms with Crippen molar-refractivity contribution in [2.75, 3.05) is 18.8 Å². The molecule has 0 aliphatic heterocycles. The minimum absolute atomic E-state index is 0.0416. The highest BCUT2D eigenvalue weighted by Crippen LogP contribution is 2.19. The number of nitrogen functional groups attached to an aromatic ring is 1. The van der Waals surface area contributed by atoms with Crippen molar-refractivity contribution in [3.05, 3.63) is 28.2 Å². The number of rotatable bonds is 5. The van der Waals surface area contributed by atoms with Gasteiger partial charge in [-0.05, 0) is 40.5 Å². The molecule has 0 fully saturated rings. The molecule has 0 unspecified atom stereocenters. The summed E-state index contributed by atoms with van der Waals surface area (Å²) in [6.45, 7) is 2.53. The van der Waals surface area contributed by atoms with Crippen LogP contribution in [0.1, 0.15) is 23.7 Å². The second kappa shape index (κ2) is 7.00. The Morgan fingerprint density at radius 2 is 2.06 bits per heavy atom. The Balaban J connectivity index is 2.55. The molecule has 1 aromatic rings. The molecule has 2 amide bonds. The molecule has 0 heterocycles. The van der Waals surface area contributed by atoms with Crippen LogP contribution in [-0.2, 0) is 4.79 Å². The predicted octanol–water partition coefficient (Wildman–Crippen LogP) is 1.29. The predicted molar refractivity (Wildman–Crippen MR) is 74.2 cm³/mol. The van der Waals surface area contributed by atoms with Crippen LogP contribution >= 0.6 is 15.9 Å². The number of anilines is 1. The Morgan fingerprint density at radius 3 is 2.72 bits per heavy atom. The van der Waals surface area contributed by atoms with E-state index in [1.165, 1.54) is 0 Å². The van der Waals surface area contributed by atoms with E-state index in [-0.39, 0.29) is 18.4 Å². The minimum atomic E-state index is -0.333. The summed E-state index contributed by atoms with van der Waals surface area (Å²) in [5.41, 5.74) is 6.52. The Bertz CT molecular complexity index is 449. The molecule has 0 atom stereocenters. The van der Waals surface area contributed by atoms with Gasteiger partial charge in [-0.1, -0.05) is 6.92 Å². The molecule has 0 saturated carbocycles. The molecule has 0 saturated heterocycles. The maximum atomic E-state index is 11.8. The van der Waals surface area contributed by atoms with Crippen molar-refractivity contribution in [3.63, 3.8) is 0 Å². The quantitative estimate of drug-likeness (QED) is 0.716. The number of benzene rings is 1. The number of carbonyl (C=O) groups is 2. The number of nitrogens with two attached hydrogens (primary N) is 1. The van der Waals surface area contributed by atoms with E-state index < -0.39 is 0 Å². The third kappa shape index (κ3) is 4.37. The van der Waals surface area contributed by atoms with Gasteiger partial charge in [0.25, 0.3) is 5.91 Å².